The Morgan fingerprint density at radius 1 is 0.633 bits per heavy atom. The van der Waals surface area contributed by atoms with Crippen molar-refractivity contribution in [3.63, 3.8) is 0 Å². The maximum atomic E-state index is 12.5. The molecule has 0 radical (unpaired) electrons. The van der Waals surface area contributed by atoms with Crippen LogP contribution in [0, 0.1) is 87.3 Å². The SMILES string of the molecule is O=C(CC1C(=O)Nc2ccccc2N1S(=O)[O-])NCCC1CCN(c2ccccc2)CC1.O=C(CC1C(=O)Nc2ccccc2N1S(=O)[O-])NCCC1CCNCC1.[Ar].[Ar]. The van der Waals surface area contributed by atoms with E-state index >= 15 is 0 Å². The molecule has 0 aromatic heterocycles. The molecule has 0 saturated carbocycles. The Hall–Kier alpha value is -2.36. The predicted molar refractivity (Wildman–Crippen MR) is 222 cm³/mol. The summed E-state index contributed by atoms with van der Waals surface area (Å²) in [6.45, 7) is 5.05. The van der Waals surface area contributed by atoms with E-state index in [1.807, 2.05) is 18.2 Å². The van der Waals surface area contributed by atoms with Crippen LogP contribution in [0.4, 0.5) is 28.4 Å². The summed E-state index contributed by atoms with van der Waals surface area (Å²) in [6.07, 6.45) is 5.66. The second-order valence-electron chi connectivity index (χ2n) is 14.8. The number of fused-ring (bicyclic) bond motifs is 2. The maximum Gasteiger partial charge on any atom is 0.248 e. The topological polar surface area (TPSA) is 218 Å². The van der Waals surface area contributed by atoms with Crippen molar-refractivity contribution < 1.29 is 112 Å². The van der Waals surface area contributed by atoms with Crippen LogP contribution in [0.2, 0.25) is 0 Å². The zero-order chi connectivity index (χ0) is 41.0. The van der Waals surface area contributed by atoms with Crippen LogP contribution >= 0.6 is 0 Å². The van der Waals surface area contributed by atoms with Crippen LogP contribution < -0.4 is 40.1 Å². The van der Waals surface area contributed by atoms with Crippen molar-refractivity contribution in [3.8, 4) is 0 Å². The fourth-order valence-corrected chi connectivity index (χ4v) is 9.26. The molecule has 4 amide bonds. The summed E-state index contributed by atoms with van der Waals surface area (Å²) in [4.78, 5) is 51.9. The van der Waals surface area contributed by atoms with Gasteiger partial charge in [-0.15, -0.1) is 0 Å². The van der Waals surface area contributed by atoms with Crippen molar-refractivity contribution in [2.75, 3.05) is 63.4 Å². The Morgan fingerprint density at radius 2 is 1.05 bits per heavy atom. The smallest absolute Gasteiger partial charge is 0.248 e. The summed E-state index contributed by atoms with van der Waals surface area (Å²) in [7, 11) is 0. The Labute approximate surface area is 415 Å². The number of hydrogen-bond donors (Lipinski definition) is 5. The number of piperidine rings is 2. The first-order valence-electron chi connectivity index (χ1n) is 19.7. The molecule has 20 heteroatoms. The number of nitrogens with zero attached hydrogens (tertiary/aromatic N) is 3. The molecule has 4 aliphatic heterocycles. The fourth-order valence-electron chi connectivity index (χ4n) is 7.86. The summed E-state index contributed by atoms with van der Waals surface area (Å²) < 4.78 is 48.9. The quantitative estimate of drug-likeness (QED) is 0.158. The van der Waals surface area contributed by atoms with Gasteiger partial charge in [-0.25, -0.2) is 0 Å². The Balaban J connectivity index is 0.000000261. The van der Waals surface area contributed by atoms with E-state index in [0.29, 0.717) is 47.7 Å². The van der Waals surface area contributed by atoms with Crippen LogP contribution in [0.3, 0.4) is 0 Å². The molecule has 60 heavy (non-hydrogen) atoms. The van der Waals surface area contributed by atoms with Crippen molar-refractivity contribution in [2.24, 2.45) is 11.8 Å². The molecule has 4 unspecified atom stereocenters. The van der Waals surface area contributed by atoms with Crippen molar-refractivity contribution in [2.45, 2.75) is 63.5 Å². The number of para-hydroxylation sites is 5. The molecule has 0 spiro atoms. The Morgan fingerprint density at radius 3 is 1.50 bits per heavy atom. The van der Waals surface area contributed by atoms with Gasteiger partial charge in [0, 0.05) is 130 Å². The minimum atomic E-state index is -2.67. The zero-order valence-electron chi connectivity index (χ0n) is 32.8. The molecule has 4 heterocycles. The number of nitrogens with one attached hydrogen (secondary N) is 5. The Bertz CT molecular complexity index is 1960. The molecule has 2 fully saturated rings. The number of carbonyl (C=O) groups is 4. The molecule has 4 aliphatic rings. The van der Waals surface area contributed by atoms with Crippen LogP contribution in [0.1, 0.15) is 51.4 Å². The molecule has 7 rings (SSSR count). The van der Waals surface area contributed by atoms with Gasteiger partial charge in [-0.05, 0) is 99.8 Å². The number of anilines is 5. The Kier molecular flexibility index (Phi) is 21.0. The largest absolute Gasteiger partial charge is 0.755 e. The number of hydrogen-bond acceptors (Lipinski definition) is 10. The van der Waals surface area contributed by atoms with Gasteiger partial charge in [0.2, 0.25) is 23.6 Å². The van der Waals surface area contributed by atoms with E-state index < -0.39 is 46.4 Å². The summed E-state index contributed by atoms with van der Waals surface area (Å²) >= 11 is -5.33. The third-order valence-electron chi connectivity index (χ3n) is 11.0. The monoisotopic (exact) mass is 914 g/mol. The van der Waals surface area contributed by atoms with Crippen LogP contribution in [-0.4, -0.2) is 92.5 Å². The molecule has 5 N–H and O–H groups in total. The van der Waals surface area contributed by atoms with Gasteiger partial charge in [0.05, 0.1) is 35.6 Å². The van der Waals surface area contributed by atoms with E-state index in [1.165, 1.54) is 5.69 Å². The minimum absolute atomic E-state index is 0. The second kappa shape index (κ2) is 25.1. The molecular formula is C40H50Ar2N8O8S2-2. The molecule has 3 aromatic carbocycles. The third-order valence-corrected chi connectivity index (χ3v) is 12.5. The number of benzene rings is 3. The zero-order valence-corrected chi connectivity index (χ0v) is 35.9. The molecule has 0 aliphatic carbocycles. The first kappa shape index (κ1) is 50.3. The van der Waals surface area contributed by atoms with Gasteiger partial charge < -0.3 is 40.6 Å². The van der Waals surface area contributed by atoms with Crippen molar-refractivity contribution in [1.82, 2.24) is 16.0 Å². The van der Waals surface area contributed by atoms with E-state index in [4.69, 9.17) is 0 Å². The molecule has 0 bridgehead atoms. The molecule has 328 valence electrons. The average molecular weight is 915 g/mol. The fraction of sp³-hybridized carbons (Fsp3) is 0.450. The standard InChI is InChI=1S/C23H28N4O4S.C17H24N4O4S.2Ar/c28-22(16-21-23(29)25-19-8-4-5-9-20(19)27(21)32(30)31)24-13-10-17-11-14-26(15-12-17)18-6-2-1-3-7-18;22-16(19-10-7-12-5-8-18-9-6-12)11-15-17(23)20-13-3-1-2-4-14(13)21(15)26(24)25;;/h1-9,17,21H,10-16H2,(H,24,28)(H,25,29)(H,30,31);1-4,12,15,18H,5-11H2,(H,19,22)(H,20,23)(H,24,25);;/p-2. The van der Waals surface area contributed by atoms with Crippen LogP contribution in [-0.2, 0) is 41.7 Å². The normalized spacial score (nSPS) is 19.9. The van der Waals surface area contributed by atoms with Crippen molar-refractivity contribution >= 4 is 74.6 Å². The van der Waals surface area contributed by atoms with Gasteiger partial charge in [0.15, 0.2) is 0 Å². The number of rotatable bonds is 13. The van der Waals surface area contributed by atoms with Gasteiger partial charge in [-0.1, -0.05) is 42.5 Å². The van der Waals surface area contributed by atoms with Gasteiger partial charge in [-0.3, -0.25) is 36.2 Å². The molecule has 16 nitrogen and oxygen atoms in total. The van der Waals surface area contributed by atoms with Crippen LogP contribution in [0.25, 0.3) is 0 Å². The number of carbonyl (C=O) groups excluding carboxylic acids is 4. The number of amides is 4. The summed E-state index contributed by atoms with van der Waals surface area (Å²) in [6, 6.07) is 21.4. The molecule has 4 atom stereocenters. The van der Waals surface area contributed by atoms with E-state index in [-0.39, 0.29) is 100 Å². The van der Waals surface area contributed by atoms with Crippen LogP contribution in [0.5, 0.6) is 0 Å². The van der Waals surface area contributed by atoms with Crippen molar-refractivity contribution in [3.05, 3.63) is 78.9 Å². The average Bonchev–Trinajstić information content (AvgIpc) is 3.22. The van der Waals surface area contributed by atoms with E-state index in [2.05, 4.69) is 43.6 Å². The summed E-state index contributed by atoms with van der Waals surface area (Å²) in [5, 5.41) is 14.3. The van der Waals surface area contributed by atoms with Crippen LogP contribution in [0.15, 0.2) is 78.9 Å². The third kappa shape index (κ3) is 13.8. The molecular weight excluding hydrogens is 865 g/mol. The summed E-state index contributed by atoms with van der Waals surface area (Å²) in [5.74, 6) is -0.536. The first-order valence-corrected chi connectivity index (χ1v) is 21.8. The van der Waals surface area contributed by atoms with Gasteiger partial charge >= 0.3 is 0 Å². The molecule has 2 saturated heterocycles. The van der Waals surface area contributed by atoms with Crippen molar-refractivity contribution in [1.29, 1.82) is 0 Å². The molecule has 3 aromatic rings. The first-order chi connectivity index (χ1) is 28.1. The minimum Gasteiger partial charge on any atom is -0.755 e. The van der Waals surface area contributed by atoms with Gasteiger partial charge in [0.1, 0.15) is 12.1 Å². The second-order valence-corrected chi connectivity index (χ2v) is 16.4. The van der Waals surface area contributed by atoms with E-state index in [9.17, 15) is 36.7 Å². The van der Waals surface area contributed by atoms with Gasteiger partial charge in [-0.2, -0.15) is 0 Å². The van der Waals surface area contributed by atoms with E-state index in [1.54, 1.807) is 48.5 Å². The van der Waals surface area contributed by atoms with E-state index in [0.717, 1.165) is 73.3 Å². The predicted octanol–water partition coefficient (Wildman–Crippen LogP) is 2.92. The summed E-state index contributed by atoms with van der Waals surface area (Å²) in [5.41, 5.74) is 2.81. The van der Waals surface area contributed by atoms with Gasteiger partial charge in [0.25, 0.3) is 0 Å². The maximum absolute atomic E-state index is 12.5.